The Morgan fingerprint density at radius 2 is 1.83 bits per heavy atom. The molecule has 2 atom stereocenters. The second-order valence-corrected chi connectivity index (χ2v) is 5.80. The van der Waals surface area contributed by atoms with E-state index in [0.29, 0.717) is 24.5 Å². The third kappa shape index (κ3) is 2.76. The SMILES string of the molecule is CC(C)c1ccc(C(CN)N2CCCC2C)cc1. The predicted octanol–water partition coefficient (Wildman–Crippen LogP) is 3.29. The molecule has 1 aliphatic rings. The summed E-state index contributed by atoms with van der Waals surface area (Å²) in [6.07, 6.45) is 2.61. The molecule has 1 saturated heterocycles. The van der Waals surface area contributed by atoms with Crippen molar-refractivity contribution in [3.05, 3.63) is 35.4 Å². The highest BCUT2D eigenvalue weighted by atomic mass is 15.2. The summed E-state index contributed by atoms with van der Waals surface area (Å²) in [6, 6.07) is 10.1. The second-order valence-electron chi connectivity index (χ2n) is 5.80. The zero-order chi connectivity index (χ0) is 13.1. The van der Waals surface area contributed by atoms with Crippen molar-refractivity contribution in [2.24, 2.45) is 5.73 Å². The number of nitrogens with two attached hydrogens (primary N) is 1. The van der Waals surface area contributed by atoms with Crippen LogP contribution in [0.5, 0.6) is 0 Å². The van der Waals surface area contributed by atoms with Gasteiger partial charge >= 0.3 is 0 Å². The average Bonchev–Trinajstić information content (AvgIpc) is 2.78. The molecule has 0 aliphatic carbocycles. The van der Waals surface area contributed by atoms with Crippen molar-refractivity contribution in [1.29, 1.82) is 0 Å². The highest BCUT2D eigenvalue weighted by Crippen LogP contribution is 2.29. The van der Waals surface area contributed by atoms with E-state index in [9.17, 15) is 0 Å². The molecular formula is C16H26N2. The van der Waals surface area contributed by atoms with Crippen molar-refractivity contribution in [2.45, 2.75) is 51.6 Å². The Hall–Kier alpha value is -0.860. The zero-order valence-corrected chi connectivity index (χ0v) is 11.9. The van der Waals surface area contributed by atoms with Crippen molar-refractivity contribution in [3.63, 3.8) is 0 Å². The molecule has 1 fully saturated rings. The Kier molecular flexibility index (Phi) is 4.41. The summed E-state index contributed by atoms with van der Waals surface area (Å²) in [4.78, 5) is 2.56. The molecule has 0 amide bonds. The lowest BCUT2D eigenvalue weighted by Gasteiger charge is -2.31. The Bertz CT molecular complexity index is 369. The van der Waals surface area contributed by atoms with Crippen LogP contribution in [0, 0.1) is 0 Å². The first-order valence-corrected chi connectivity index (χ1v) is 7.19. The lowest BCUT2D eigenvalue weighted by atomic mass is 9.98. The molecule has 18 heavy (non-hydrogen) atoms. The summed E-state index contributed by atoms with van der Waals surface area (Å²) in [7, 11) is 0. The molecule has 1 aromatic carbocycles. The lowest BCUT2D eigenvalue weighted by Crippen LogP contribution is -2.35. The molecule has 1 heterocycles. The maximum absolute atomic E-state index is 6.00. The van der Waals surface area contributed by atoms with Gasteiger partial charge in [0, 0.05) is 18.6 Å². The molecule has 2 nitrogen and oxygen atoms in total. The molecule has 1 aliphatic heterocycles. The van der Waals surface area contributed by atoms with Crippen molar-refractivity contribution in [2.75, 3.05) is 13.1 Å². The van der Waals surface area contributed by atoms with Crippen LogP contribution in [0.25, 0.3) is 0 Å². The molecule has 2 rings (SSSR count). The van der Waals surface area contributed by atoms with E-state index in [-0.39, 0.29) is 0 Å². The van der Waals surface area contributed by atoms with Gasteiger partial charge in [0.15, 0.2) is 0 Å². The fraction of sp³-hybridized carbons (Fsp3) is 0.625. The first kappa shape index (κ1) is 13.6. The minimum absolute atomic E-state index is 0.392. The fourth-order valence-electron chi connectivity index (χ4n) is 2.98. The van der Waals surface area contributed by atoms with Crippen LogP contribution in [0.1, 0.15) is 56.7 Å². The minimum Gasteiger partial charge on any atom is -0.329 e. The number of nitrogens with zero attached hydrogens (tertiary/aromatic N) is 1. The van der Waals surface area contributed by atoms with Gasteiger partial charge in [-0.3, -0.25) is 4.90 Å². The van der Waals surface area contributed by atoms with Gasteiger partial charge in [-0.15, -0.1) is 0 Å². The van der Waals surface area contributed by atoms with Crippen molar-refractivity contribution in [1.82, 2.24) is 4.90 Å². The third-order valence-corrected chi connectivity index (χ3v) is 4.22. The van der Waals surface area contributed by atoms with E-state index in [1.807, 2.05) is 0 Å². The first-order valence-electron chi connectivity index (χ1n) is 7.19. The number of hydrogen-bond acceptors (Lipinski definition) is 2. The Morgan fingerprint density at radius 3 is 2.28 bits per heavy atom. The number of rotatable bonds is 4. The Balaban J connectivity index is 2.17. The van der Waals surface area contributed by atoms with Gasteiger partial charge in [0.05, 0.1) is 0 Å². The molecule has 2 heteroatoms. The topological polar surface area (TPSA) is 29.3 Å². The third-order valence-electron chi connectivity index (χ3n) is 4.22. The standard InChI is InChI=1S/C16H26N2/c1-12(2)14-6-8-15(9-7-14)16(11-17)18-10-4-5-13(18)3/h6-9,12-13,16H,4-5,10-11,17H2,1-3H3. The average molecular weight is 246 g/mol. The highest BCUT2D eigenvalue weighted by molar-refractivity contribution is 5.27. The second kappa shape index (κ2) is 5.85. The highest BCUT2D eigenvalue weighted by Gasteiger charge is 2.27. The summed E-state index contributed by atoms with van der Waals surface area (Å²) in [6.45, 7) is 8.69. The number of hydrogen-bond donors (Lipinski definition) is 1. The van der Waals surface area contributed by atoms with Gasteiger partial charge in [-0.2, -0.15) is 0 Å². The molecule has 0 aromatic heterocycles. The van der Waals surface area contributed by atoms with Crippen LogP contribution >= 0.6 is 0 Å². The molecule has 100 valence electrons. The van der Waals surface area contributed by atoms with Crippen LogP contribution in [0.3, 0.4) is 0 Å². The van der Waals surface area contributed by atoms with Gasteiger partial charge in [-0.25, -0.2) is 0 Å². The van der Waals surface area contributed by atoms with Crippen LogP contribution in [0.2, 0.25) is 0 Å². The number of likely N-dealkylation sites (tertiary alicyclic amines) is 1. The summed E-state index contributed by atoms with van der Waals surface area (Å²) < 4.78 is 0. The van der Waals surface area contributed by atoms with E-state index in [0.717, 1.165) is 0 Å². The number of benzene rings is 1. The quantitative estimate of drug-likeness (QED) is 0.883. The van der Waals surface area contributed by atoms with E-state index < -0.39 is 0 Å². The van der Waals surface area contributed by atoms with E-state index in [2.05, 4.69) is 49.9 Å². The molecule has 0 saturated carbocycles. The van der Waals surface area contributed by atoms with Gasteiger partial charge in [-0.1, -0.05) is 38.1 Å². The van der Waals surface area contributed by atoms with Gasteiger partial charge in [0.2, 0.25) is 0 Å². The van der Waals surface area contributed by atoms with Crippen molar-refractivity contribution in [3.8, 4) is 0 Å². The van der Waals surface area contributed by atoms with Crippen LogP contribution in [-0.4, -0.2) is 24.0 Å². The maximum atomic E-state index is 6.00. The Morgan fingerprint density at radius 1 is 1.22 bits per heavy atom. The van der Waals surface area contributed by atoms with Crippen LogP contribution in [0.15, 0.2) is 24.3 Å². The maximum Gasteiger partial charge on any atom is 0.0473 e. The Labute approximate surface area is 111 Å². The fourth-order valence-corrected chi connectivity index (χ4v) is 2.98. The summed E-state index contributed by atoms with van der Waals surface area (Å²) >= 11 is 0. The molecule has 1 aromatic rings. The van der Waals surface area contributed by atoms with Gasteiger partial charge in [-0.05, 0) is 43.4 Å². The van der Waals surface area contributed by atoms with Crippen LogP contribution < -0.4 is 5.73 Å². The molecule has 2 unspecified atom stereocenters. The smallest absolute Gasteiger partial charge is 0.0473 e. The predicted molar refractivity (Wildman–Crippen MR) is 77.7 cm³/mol. The lowest BCUT2D eigenvalue weighted by molar-refractivity contribution is 0.195. The normalized spacial score (nSPS) is 22.6. The minimum atomic E-state index is 0.392. The van der Waals surface area contributed by atoms with E-state index in [4.69, 9.17) is 5.73 Å². The van der Waals surface area contributed by atoms with Gasteiger partial charge in [0.25, 0.3) is 0 Å². The molecule has 0 spiro atoms. The van der Waals surface area contributed by atoms with Gasteiger partial charge < -0.3 is 5.73 Å². The molecule has 2 N–H and O–H groups in total. The van der Waals surface area contributed by atoms with Crippen molar-refractivity contribution < 1.29 is 0 Å². The molecule has 0 bridgehead atoms. The van der Waals surface area contributed by atoms with Crippen molar-refractivity contribution >= 4 is 0 Å². The summed E-state index contributed by atoms with van der Waals surface area (Å²) in [5, 5.41) is 0. The summed E-state index contributed by atoms with van der Waals surface area (Å²) in [5.74, 6) is 0.598. The summed E-state index contributed by atoms with van der Waals surface area (Å²) in [5.41, 5.74) is 8.78. The van der Waals surface area contributed by atoms with E-state index in [1.165, 1.54) is 30.5 Å². The van der Waals surface area contributed by atoms with Crippen LogP contribution in [0.4, 0.5) is 0 Å². The molecule has 0 radical (unpaired) electrons. The van der Waals surface area contributed by atoms with E-state index in [1.54, 1.807) is 0 Å². The van der Waals surface area contributed by atoms with E-state index >= 15 is 0 Å². The van der Waals surface area contributed by atoms with Gasteiger partial charge in [0.1, 0.15) is 0 Å². The van der Waals surface area contributed by atoms with Crippen LogP contribution in [-0.2, 0) is 0 Å². The zero-order valence-electron chi connectivity index (χ0n) is 11.9. The largest absolute Gasteiger partial charge is 0.329 e. The first-order chi connectivity index (χ1) is 8.63. The monoisotopic (exact) mass is 246 g/mol. The molecular weight excluding hydrogens is 220 g/mol.